The molecule has 0 bridgehead atoms. The number of nitrogens with zero attached hydrogens (tertiary/aromatic N) is 2. The molecule has 0 saturated heterocycles. The number of hydrogen-bond donors (Lipinski definition) is 0. The Labute approximate surface area is 125 Å². The number of benzene rings is 2. The van der Waals surface area contributed by atoms with E-state index in [2.05, 4.69) is 20.9 Å². The lowest BCUT2D eigenvalue weighted by atomic mass is 10.2. The quantitative estimate of drug-likeness (QED) is 0.731. The minimum absolute atomic E-state index is 0.774. The second kappa shape index (κ2) is 5.17. The summed E-state index contributed by atoms with van der Waals surface area (Å²) in [5, 5.41) is 0. The highest BCUT2D eigenvalue weighted by molar-refractivity contribution is 9.10. The predicted molar refractivity (Wildman–Crippen MR) is 81.9 cm³/mol. The summed E-state index contributed by atoms with van der Waals surface area (Å²) in [5.74, 6) is 1.60. The summed E-state index contributed by atoms with van der Waals surface area (Å²) < 4.78 is 13.6. The minimum Gasteiger partial charge on any atom is -0.497 e. The number of hydrogen-bond acceptors (Lipinski definition) is 3. The summed E-state index contributed by atoms with van der Waals surface area (Å²) in [5.41, 5.74) is 2.83. The second-order valence-corrected chi connectivity index (χ2v) is 5.12. The molecule has 4 nitrogen and oxygen atoms in total. The number of rotatable bonds is 3. The molecule has 1 heterocycles. The number of imidazole rings is 1. The van der Waals surface area contributed by atoms with Crippen molar-refractivity contribution in [1.82, 2.24) is 9.55 Å². The molecular formula is C15H13BrN2O2. The summed E-state index contributed by atoms with van der Waals surface area (Å²) in [4.78, 5) is 4.42. The van der Waals surface area contributed by atoms with E-state index in [-0.39, 0.29) is 0 Å². The average molecular weight is 333 g/mol. The molecule has 3 aromatic rings. The van der Waals surface area contributed by atoms with Gasteiger partial charge in [-0.05, 0) is 52.3 Å². The molecule has 0 spiro atoms. The number of ether oxygens (including phenoxy) is 2. The molecule has 0 saturated carbocycles. The maximum absolute atomic E-state index is 5.49. The molecule has 0 radical (unpaired) electrons. The van der Waals surface area contributed by atoms with Crippen molar-refractivity contribution in [3.63, 3.8) is 0 Å². The molecule has 0 fully saturated rings. The van der Waals surface area contributed by atoms with E-state index in [1.807, 2.05) is 41.0 Å². The summed E-state index contributed by atoms with van der Waals surface area (Å²) in [6, 6.07) is 11.7. The van der Waals surface area contributed by atoms with Crippen LogP contribution in [0, 0.1) is 0 Å². The maximum Gasteiger partial charge on any atom is 0.159 e. The molecule has 0 aliphatic carbocycles. The van der Waals surface area contributed by atoms with Crippen LogP contribution in [0.1, 0.15) is 0 Å². The predicted octanol–water partition coefficient (Wildman–Crippen LogP) is 3.81. The zero-order chi connectivity index (χ0) is 14.1. The Balaban J connectivity index is 2.22. The lowest BCUT2D eigenvalue weighted by molar-refractivity contribution is 0.414. The lowest BCUT2D eigenvalue weighted by Gasteiger charge is -2.10. The molecule has 5 heteroatoms. The van der Waals surface area contributed by atoms with Crippen LogP contribution in [0.4, 0.5) is 0 Å². The van der Waals surface area contributed by atoms with Gasteiger partial charge in [-0.15, -0.1) is 0 Å². The third kappa shape index (κ3) is 2.04. The van der Waals surface area contributed by atoms with Crippen molar-refractivity contribution in [2.75, 3.05) is 14.2 Å². The van der Waals surface area contributed by atoms with E-state index >= 15 is 0 Å². The van der Waals surface area contributed by atoms with Gasteiger partial charge in [0.2, 0.25) is 0 Å². The van der Waals surface area contributed by atoms with Crippen molar-refractivity contribution in [3.8, 4) is 17.2 Å². The van der Waals surface area contributed by atoms with Gasteiger partial charge in [0.1, 0.15) is 17.6 Å². The van der Waals surface area contributed by atoms with Gasteiger partial charge in [0.05, 0.1) is 24.2 Å². The third-order valence-electron chi connectivity index (χ3n) is 3.17. The van der Waals surface area contributed by atoms with Gasteiger partial charge in [-0.2, -0.15) is 0 Å². The van der Waals surface area contributed by atoms with E-state index in [4.69, 9.17) is 9.47 Å². The fraction of sp³-hybridized carbons (Fsp3) is 0.133. The molecule has 2 aromatic carbocycles. The van der Waals surface area contributed by atoms with Gasteiger partial charge in [0, 0.05) is 5.69 Å². The third-order valence-corrected chi connectivity index (χ3v) is 3.79. The molecule has 0 atom stereocenters. The smallest absolute Gasteiger partial charge is 0.159 e. The molecule has 1 aromatic heterocycles. The fourth-order valence-corrected chi connectivity index (χ4v) is 2.67. The van der Waals surface area contributed by atoms with Crippen LogP contribution in [0.5, 0.6) is 11.5 Å². The average Bonchev–Trinajstić information content (AvgIpc) is 2.91. The van der Waals surface area contributed by atoms with Gasteiger partial charge in [0.25, 0.3) is 0 Å². The Hall–Kier alpha value is -2.01. The van der Waals surface area contributed by atoms with Crippen LogP contribution in [0.3, 0.4) is 0 Å². The molecule has 3 rings (SSSR count). The Bertz CT molecular complexity index is 750. The van der Waals surface area contributed by atoms with Crippen LogP contribution in [0.2, 0.25) is 0 Å². The van der Waals surface area contributed by atoms with Crippen molar-refractivity contribution >= 4 is 27.0 Å². The molecule has 0 aliphatic rings. The highest BCUT2D eigenvalue weighted by Gasteiger charge is 2.13. The van der Waals surface area contributed by atoms with Gasteiger partial charge >= 0.3 is 0 Å². The van der Waals surface area contributed by atoms with Gasteiger partial charge in [-0.3, -0.25) is 4.57 Å². The van der Waals surface area contributed by atoms with E-state index in [0.717, 1.165) is 32.7 Å². The van der Waals surface area contributed by atoms with Gasteiger partial charge < -0.3 is 9.47 Å². The van der Waals surface area contributed by atoms with E-state index in [1.54, 1.807) is 20.5 Å². The maximum atomic E-state index is 5.49. The van der Waals surface area contributed by atoms with Crippen molar-refractivity contribution in [3.05, 3.63) is 47.2 Å². The summed E-state index contributed by atoms with van der Waals surface area (Å²) in [6.45, 7) is 0. The normalized spacial score (nSPS) is 10.8. The molecule has 20 heavy (non-hydrogen) atoms. The lowest BCUT2D eigenvalue weighted by Crippen LogP contribution is -1.95. The Morgan fingerprint density at radius 2 is 1.75 bits per heavy atom. The van der Waals surface area contributed by atoms with E-state index in [9.17, 15) is 0 Å². The summed E-state index contributed by atoms with van der Waals surface area (Å²) >= 11 is 3.51. The van der Waals surface area contributed by atoms with Crippen molar-refractivity contribution < 1.29 is 9.47 Å². The van der Waals surface area contributed by atoms with Crippen molar-refractivity contribution in [2.24, 2.45) is 0 Å². The topological polar surface area (TPSA) is 36.3 Å². The first kappa shape index (κ1) is 13.0. The summed E-state index contributed by atoms with van der Waals surface area (Å²) in [7, 11) is 3.31. The standard InChI is InChI=1S/C15H13BrN2O2/c1-19-11-5-3-10(4-6-11)18-9-17-13-8-7-12(16)15(20-2)14(13)18/h3-9H,1-2H3. The number of aromatic nitrogens is 2. The van der Waals surface area contributed by atoms with Crippen LogP contribution in [-0.4, -0.2) is 23.8 Å². The molecule has 0 amide bonds. The molecule has 0 unspecified atom stereocenters. The summed E-state index contributed by atoms with van der Waals surface area (Å²) in [6.07, 6.45) is 1.79. The zero-order valence-corrected chi connectivity index (χ0v) is 12.7. The van der Waals surface area contributed by atoms with E-state index in [0.29, 0.717) is 0 Å². The monoisotopic (exact) mass is 332 g/mol. The molecule has 0 aliphatic heterocycles. The number of halogens is 1. The van der Waals surface area contributed by atoms with E-state index in [1.165, 1.54) is 0 Å². The molecular weight excluding hydrogens is 320 g/mol. The Kier molecular flexibility index (Phi) is 3.36. The first-order valence-corrected chi connectivity index (χ1v) is 6.88. The SMILES string of the molecule is COc1ccc(-n2cnc3ccc(Br)c(OC)c32)cc1. The van der Waals surface area contributed by atoms with Gasteiger partial charge in [-0.1, -0.05) is 0 Å². The zero-order valence-electron chi connectivity index (χ0n) is 11.1. The van der Waals surface area contributed by atoms with Crippen molar-refractivity contribution in [1.29, 1.82) is 0 Å². The highest BCUT2D eigenvalue weighted by Crippen LogP contribution is 2.34. The largest absolute Gasteiger partial charge is 0.497 e. The van der Waals surface area contributed by atoms with Crippen LogP contribution in [0.15, 0.2) is 47.2 Å². The first-order chi connectivity index (χ1) is 9.74. The van der Waals surface area contributed by atoms with Crippen LogP contribution < -0.4 is 9.47 Å². The minimum atomic E-state index is 0.774. The van der Waals surface area contributed by atoms with Crippen LogP contribution >= 0.6 is 15.9 Å². The molecule has 0 N–H and O–H groups in total. The first-order valence-electron chi connectivity index (χ1n) is 6.08. The number of fused-ring (bicyclic) bond motifs is 1. The fourth-order valence-electron chi connectivity index (χ4n) is 2.18. The number of methoxy groups -OCH3 is 2. The van der Waals surface area contributed by atoms with Crippen LogP contribution in [0.25, 0.3) is 16.7 Å². The highest BCUT2D eigenvalue weighted by atomic mass is 79.9. The van der Waals surface area contributed by atoms with Crippen molar-refractivity contribution in [2.45, 2.75) is 0 Å². The Morgan fingerprint density at radius 1 is 1.00 bits per heavy atom. The Morgan fingerprint density at radius 3 is 2.40 bits per heavy atom. The van der Waals surface area contributed by atoms with Crippen LogP contribution in [-0.2, 0) is 0 Å². The van der Waals surface area contributed by atoms with Gasteiger partial charge in [-0.25, -0.2) is 4.98 Å². The van der Waals surface area contributed by atoms with Gasteiger partial charge in [0.15, 0.2) is 5.75 Å². The molecule has 102 valence electrons. The van der Waals surface area contributed by atoms with E-state index < -0.39 is 0 Å². The second-order valence-electron chi connectivity index (χ2n) is 4.26.